The molecule has 7 nitrogen and oxygen atoms in total. The van der Waals surface area contributed by atoms with Crippen molar-refractivity contribution in [3.63, 3.8) is 0 Å². The van der Waals surface area contributed by atoms with E-state index in [2.05, 4.69) is 10.6 Å². The first-order valence-corrected chi connectivity index (χ1v) is 11.1. The second kappa shape index (κ2) is 8.22. The van der Waals surface area contributed by atoms with Gasteiger partial charge in [-0.15, -0.1) is 0 Å². The third-order valence-electron chi connectivity index (χ3n) is 6.19. The molecule has 1 unspecified atom stereocenters. The molecule has 0 bridgehead atoms. The molecule has 0 spiro atoms. The van der Waals surface area contributed by atoms with Crippen LogP contribution in [0.25, 0.3) is 21.9 Å². The van der Waals surface area contributed by atoms with Crippen LogP contribution >= 0.6 is 0 Å². The normalized spacial score (nSPS) is 19.3. The van der Waals surface area contributed by atoms with Crippen LogP contribution < -0.4 is 15.4 Å². The number of nitrogens with one attached hydrogen (secondary N) is 2. The monoisotopic (exact) mass is 434 g/mol. The number of urea groups is 1. The van der Waals surface area contributed by atoms with Crippen LogP contribution in [0, 0.1) is 0 Å². The first-order valence-electron chi connectivity index (χ1n) is 11.1. The summed E-state index contributed by atoms with van der Waals surface area (Å²) in [7, 11) is 0. The Kier molecular flexibility index (Phi) is 5.25. The van der Waals surface area contributed by atoms with Crippen molar-refractivity contribution in [2.75, 3.05) is 6.61 Å². The fraction of sp³-hybridized carbons (Fsp3) is 0.360. The number of esters is 1. The second-order valence-corrected chi connectivity index (χ2v) is 8.27. The maximum Gasteiger partial charge on any atom is 0.338 e. The van der Waals surface area contributed by atoms with E-state index in [4.69, 9.17) is 13.9 Å². The Bertz CT molecular complexity index is 1240. The van der Waals surface area contributed by atoms with E-state index >= 15 is 0 Å². The smallest absolute Gasteiger partial charge is 0.338 e. The van der Waals surface area contributed by atoms with Crippen molar-refractivity contribution in [3.8, 4) is 5.75 Å². The zero-order chi connectivity index (χ0) is 22.2. The molecule has 2 heterocycles. The molecule has 1 fully saturated rings. The number of allylic oxidation sites excluding steroid dienone is 1. The number of para-hydroxylation sites is 1. The molecule has 2 aromatic carbocycles. The molecule has 3 aromatic rings. The lowest BCUT2D eigenvalue weighted by molar-refractivity contribution is -0.139. The van der Waals surface area contributed by atoms with Gasteiger partial charge in [0.2, 0.25) is 0 Å². The summed E-state index contributed by atoms with van der Waals surface area (Å²) >= 11 is 0. The number of furan rings is 1. The quantitative estimate of drug-likeness (QED) is 0.546. The number of carbonyl (C=O) groups is 2. The summed E-state index contributed by atoms with van der Waals surface area (Å²) in [6.45, 7) is 3.71. The average Bonchev–Trinajstić information content (AvgIpc) is 3.41. The Morgan fingerprint density at radius 3 is 2.72 bits per heavy atom. The minimum atomic E-state index is -0.674. The Morgan fingerprint density at radius 2 is 1.94 bits per heavy atom. The predicted octanol–water partition coefficient (Wildman–Crippen LogP) is 5.10. The zero-order valence-electron chi connectivity index (χ0n) is 18.2. The number of rotatable bonds is 5. The van der Waals surface area contributed by atoms with Gasteiger partial charge in [-0.2, -0.15) is 0 Å². The Hall–Kier alpha value is -3.48. The van der Waals surface area contributed by atoms with Gasteiger partial charge in [-0.3, -0.25) is 0 Å². The van der Waals surface area contributed by atoms with Crippen LogP contribution in [-0.4, -0.2) is 24.7 Å². The lowest BCUT2D eigenvalue weighted by Crippen LogP contribution is -2.45. The summed E-state index contributed by atoms with van der Waals surface area (Å²) in [6.07, 6.45) is 4.57. The summed E-state index contributed by atoms with van der Waals surface area (Å²) in [6, 6.07) is 10.5. The van der Waals surface area contributed by atoms with E-state index in [0.29, 0.717) is 22.6 Å². The van der Waals surface area contributed by atoms with Gasteiger partial charge in [-0.1, -0.05) is 24.3 Å². The van der Waals surface area contributed by atoms with Gasteiger partial charge in [-0.05, 0) is 57.2 Å². The van der Waals surface area contributed by atoms with E-state index in [0.717, 1.165) is 34.8 Å². The SMILES string of the molecule is CCOC(=O)C1=C(C)NC(=O)NC1c1ccc(OC2CCCC2)c2oc3ccccc3c12. The van der Waals surface area contributed by atoms with Crippen LogP contribution in [0.15, 0.2) is 52.1 Å². The molecule has 7 heteroatoms. The minimum Gasteiger partial charge on any atom is -0.486 e. The number of hydrogen-bond acceptors (Lipinski definition) is 5. The summed E-state index contributed by atoms with van der Waals surface area (Å²) in [4.78, 5) is 25.2. The van der Waals surface area contributed by atoms with Gasteiger partial charge >= 0.3 is 12.0 Å². The van der Waals surface area contributed by atoms with Gasteiger partial charge in [-0.25, -0.2) is 9.59 Å². The topological polar surface area (TPSA) is 89.8 Å². The van der Waals surface area contributed by atoms with Crippen LogP contribution in [-0.2, 0) is 9.53 Å². The van der Waals surface area contributed by atoms with E-state index in [1.807, 2.05) is 36.4 Å². The molecule has 1 saturated carbocycles. The van der Waals surface area contributed by atoms with Crippen LogP contribution in [0.5, 0.6) is 5.75 Å². The van der Waals surface area contributed by atoms with Crippen LogP contribution in [0.1, 0.15) is 51.1 Å². The molecule has 1 aliphatic heterocycles. The van der Waals surface area contributed by atoms with Crippen molar-refractivity contribution < 1.29 is 23.5 Å². The molecular weight excluding hydrogens is 408 g/mol. The Labute approximate surface area is 185 Å². The lowest BCUT2D eigenvalue weighted by Gasteiger charge is -2.28. The molecule has 2 aliphatic rings. The van der Waals surface area contributed by atoms with Crippen molar-refractivity contribution in [1.82, 2.24) is 10.6 Å². The highest BCUT2D eigenvalue weighted by Gasteiger charge is 2.34. The highest BCUT2D eigenvalue weighted by molar-refractivity contribution is 6.10. The molecule has 2 amide bonds. The zero-order valence-corrected chi connectivity index (χ0v) is 18.2. The van der Waals surface area contributed by atoms with E-state index < -0.39 is 12.0 Å². The summed E-state index contributed by atoms with van der Waals surface area (Å²) < 4.78 is 17.9. The van der Waals surface area contributed by atoms with Crippen molar-refractivity contribution in [2.45, 2.75) is 51.7 Å². The fourth-order valence-corrected chi connectivity index (χ4v) is 4.76. The fourth-order valence-electron chi connectivity index (χ4n) is 4.76. The third kappa shape index (κ3) is 3.47. The number of amides is 2. The molecule has 1 aliphatic carbocycles. The Morgan fingerprint density at radius 1 is 1.16 bits per heavy atom. The molecule has 0 saturated heterocycles. The number of fused-ring (bicyclic) bond motifs is 3. The molecule has 5 rings (SSSR count). The van der Waals surface area contributed by atoms with Crippen molar-refractivity contribution in [2.24, 2.45) is 0 Å². The van der Waals surface area contributed by atoms with Crippen molar-refractivity contribution >= 4 is 33.9 Å². The van der Waals surface area contributed by atoms with Gasteiger partial charge in [0, 0.05) is 16.5 Å². The van der Waals surface area contributed by atoms with Crippen LogP contribution in [0.2, 0.25) is 0 Å². The summed E-state index contributed by atoms with van der Waals surface area (Å²) in [5, 5.41) is 7.33. The van der Waals surface area contributed by atoms with E-state index in [9.17, 15) is 9.59 Å². The van der Waals surface area contributed by atoms with Gasteiger partial charge < -0.3 is 24.5 Å². The first kappa shape index (κ1) is 20.4. The number of carbonyl (C=O) groups excluding carboxylic acids is 2. The molecule has 2 N–H and O–H groups in total. The maximum absolute atomic E-state index is 12.8. The highest BCUT2D eigenvalue weighted by atomic mass is 16.5. The number of hydrogen-bond donors (Lipinski definition) is 2. The van der Waals surface area contributed by atoms with Crippen molar-refractivity contribution in [3.05, 3.63) is 53.2 Å². The second-order valence-electron chi connectivity index (χ2n) is 8.27. The minimum absolute atomic E-state index is 0.174. The van der Waals surface area contributed by atoms with Crippen LogP contribution in [0.4, 0.5) is 4.79 Å². The molecular formula is C25H26N2O5. The summed E-state index contributed by atoms with van der Waals surface area (Å²) in [5.74, 6) is 0.222. The van der Waals surface area contributed by atoms with Gasteiger partial charge in [0.15, 0.2) is 11.3 Å². The van der Waals surface area contributed by atoms with E-state index in [1.165, 1.54) is 12.8 Å². The first-order chi connectivity index (χ1) is 15.6. The van der Waals surface area contributed by atoms with Gasteiger partial charge in [0.1, 0.15) is 5.58 Å². The maximum atomic E-state index is 12.8. The largest absolute Gasteiger partial charge is 0.486 e. The molecule has 0 radical (unpaired) electrons. The van der Waals surface area contributed by atoms with E-state index in [-0.39, 0.29) is 18.7 Å². The number of ether oxygens (including phenoxy) is 2. The summed E-state index contributed by atoms with van der Waals surface area (Å²) in [5.41, 5.74) is 2.97. The predicted molar refractivity (Wildman–Crippen MR) is 120 cm³/mol. The lowest BCUT2D eigenvalue weighted by atomic mass is 9.92. The third-order valence-corrected chi connectivity index (χ3v) is 6.19. The molecule has 166 valence electrons. The van der Waals surface area contributed by atoms with Gasteiger partial charge in [0.25, 0.3) is 0 Å². The standard InChI is InChI=1S/C25H26N2O5/c1-3-30-24(28)20-14(2)26-25(29)27-22(20)17-12-13-19(31-15-8-4-5-9-15)23-21(17)16-10-6-7-11-18(16)32-23/h6-7,10-13,15,22H,3-5,8-9H2,1-2H3,(H2,26,27,29). The van der Waals surface area contributed by atoms with Crippen molar-refractivity contribution in [1.29, 1.82) is 0 Å². The van der Waals surface area contributed by atoms with Crippen LogP contribution in [0.3, 0.4) is 0 Å². The Balaban J connectivity index is 1.70. The molecule has 1 aromatic heterocycles. The average molecular weight is 434 g/mol. The van der Waals surface area contributed by atoms with E-state index in [1.54, 1.807) is 13.8 Å². The highest BCUT2D eigenvalue weighted by Crippen LogP contribution is 2.42. The molecule has 1 atom stereocenters. The van der Waals surface area contributed by atoms with Gasteiger partial charge in [0.05, 0.1) is 24.3 Å². The number of benzene rings is 2. The molecule has 32 heavy (non-hydrogen) atoms.